The molecular formula is C12H15NO3S. The second-order valence-electron chi connectivity index (χ2n) is 3.51. The Kier molecular flexibility index (Phi) is 4.55. The fraction of sp³-hybridized carbons (Fsp3) is 0.333. The average molecular weight is 253 g/mol. The molecule has 0 aromatic heterocycles. The highest BCUT2D eigenvalue weighted by Crippen LogP contribution is 2.13. The molecule has 0 unspecified atom stereocenters. The van der Waals surface area contributed by atoms with E-state index in [2.05, 4.69) is 12.0 Å². The van der Waals surface area contributed by atoms with Crippen LogP contribution in [0.5, 0.6) is 0 Å². The number of rotatable bonds is 3. The molecule has 4 nitrogen and oxygen atoms in total. The van der Waals surface area contributed by atoms with E-state index in [1.807, 2.05) is 6.92 Å². The second-order valence-corrected chi connectivity index (χ2v) is 5.48. The summed E-state index contributed by atoms with van der Waals surface area (Å²) in [5, 5.41) is 0. The zero-order valence-electron chi connectivity index (χ0n) is 10.1. The van der Waals surface area contributed by atoms with E-state index in [-0.39, 0.29) is 11.5 Å². The van der Waals surface area contributed by atoms with E-state index in [0.29, 0.717) is 0 Å². The maximum absolute atomic E-state index is 12.0. The van der Waals surface area contributed by atoms with Gasteiger partial charge in [-0.05, 0) is 19.1 Å². The van der Waals surface area contributed by atoms with E-state index in [0.717, 1.165) is 9.87 Å². The summed E-state index contributed by atoms with van der Waals surface area (Å²) in [5.41, 5.74) is 1.01. The van der Waals surface area contributed by atoms with Crippen molar-refractivity contribution in [2.75, 3.05) is 20.8 Å². The Balaban J connectivity index is 2.96. The fourth-order valence-electron chi connectivity index (χ4n) is 1.14. The maximum atomic E-state index is 12.0. The lowest BCUT2D eigenvalue weighted by Crippen LogP contribution is -2.22. The number of hydrogen-bond acceptors (Lipinski definition) is 3. The van der Waals surface area contributed by atoms with E-state index < -0.39 is 10.0 Å². The summed E-state index contributed by atoms with van der Waals surface area (Å²) in [6.07, 6.45) is 0. The van der Waals surface area contributed by atoms with Gasteiger partial charge in [-0.15, -0.1) is 0 Å². The van der Waals surface area contributed by atoms with E-state index in [1.165, 1.54) is 14.2 Å². The zero-order valence-corrected chi connectivity index (χ0v) is 10.9. The Labute approximate surface area is 102 Å². The van der Waals surface area contributed by atoms with Crippen LogP contribution in [0.3, 0.4) is 0 Å². The molecule has 0 atom stereocenters. The predicted molar refractivity (Wildman–Crippen MR) is 65.8 cm³/mol. The van der Waals surface area contributed by atoms with Gasteiger partial charge in [0, 0.05) is 20.2 Å². The predicted octanol–water partition coefficient (Wildman–Crippen LogP) is 1.22. The summed E-state index contributed by atoms with van der Waals surface area (Å²) in [4.78, 5) is 0.234. The van der Waals surface area contributed by atoms with E-state index in [9.17, 15) is 8.42 Å². The second kappa shape index (κ2) is 5.71. The third kappa shape index (κ3) is 3.48. The molecule has 0 saturated heterocycles. The van der Waals surface area contributed by atoms with Crippen molar-refractivity contribution < 1.29 is 13.2 Å². The summed E-state index contributed by atoms with van der Waals surface area (Å²) < 4.78 is 29.8. The van der Waals surface area contributed by atoms with Crippen LogP contribution < -0.4 is 0 Å². The molecule has 1 rings (SSSR count). The van der Waals surface area contributed by atoms with Crippen LogP contribution in [0.15, 0.2) is 29.2 Å². The van der Waals surface area contributed by atoms with Crippen LogP contribution in [0.25, 0.3) is 0 Å². The minimum Gasteiger partial charge on any atom is -0.372 e. The number of aryl methyl sites for hydroxylation is 1. The molecule has 1 aromatic rings. The number of ether oxygens (including phenoxy) is 1. The molecule has 0 aliphatic heterocycles. The molecule has 5 heteroatoms. The van der Waals surface area contributed by atoms with Crippen molar-refractivity contribution >= 4 is 10.0 Å². The first-order chi connectivity index (χ1) is 7.98. The van der Waals surface area contributed by atoms with Crippen molar-refractivity contribution in [3.8, 4) is 12.0 Å². The zero-order chi connectivity index (χ0) is 12.9. The molecule has 17 heavy (non-hydrogen) atoms. The van der Waals surface area contributed by atoms with Gasteiger partial charge in [-0.25, -0.2) is 12.7 Å². The Morgan fingerprint density at radius 3 is 2.41 bits per heavy atom. The molecule has 92 valence electrons. The molecule has 0 N–H and O–H groups in total. The first kappa shape index (κ1) is 13.6. The van der Waals surface area contributed by atoms with Crippen molar-refractivity contribution in [1.29, 1.82) is 0 Å². The molecular weight excluding hydrogens is 238 g/mol. The van der Waals surface area contributed by atoms with Crippen molar-refractivity contribution in [3.05, 3.63) is 29.8 Å². The molecule has 0 spiro atoms. The Hall–Kier alpha value is -1.51. The highest BCUT2D eigenvalue weighted by Gasteiger charge is 2.17. The summed E-state index contributed by atoms with van der Waals surface area (Å²) >= 11 is 0. The molecule has 0 fully saturated rings. The standard InChI is InChI=1S/C12H15NO3S/c1-11-5-7-12(8-6-11)17(14,15)13(2)9-4-10-16-3/h5-8H,10H2,1-3H3. The highest BCUT2D eigenvalue weighted by molar-refractivity contribution is 7.89. The molecule has 0 radical (unpaired) electrons. The lowest BCUT2D eigenvalue weighted by atomic mass is 10.2. The van der Waals surface area contributed by atoms with Gasteiger partial charge in [0.05, 0.1) is 4.90 Å². The van der Waals surface area contributed by atoms with Gasteiger partial charge in [-0.2, -0.15) is 0 Å². The lowest BCUT2D eigenvalue weighted by Gasteiger charge is -2.12. The molecule has 0 aliphatic carbocycles. The number of hydrogen-bond donors (Lipinski definition) is 0. The van der Waals surface area contributed by atoms with Crippen LogP contribution in [0.1, 0.15) is 5.56 Å². The SMILES string of the molecule is COCC#CN(C)S(=O)(=O)c1ccc(C)cc1. The largest absolute Gasteiger partial charge is 0.372 e. The van der Waals surface area contributed by atoms with Gasteiger partial charge >= 0.3 is 0 Å². The van der Waals surface area contributed by atoms with Crippen LogP contribution in [0.4, 0.5) is 0 Å². The Morgan fingerprint density at radius 2 is 1.88 bits per heavy atom. The van der Waals surface area contributed by atoms with Crippen LogP contribution in [0, 0.1) is 18.9 Å². The van der Waals surface area contributed by atoms with Gasteiger partial charge in [-0.3, -0.25) is 0 Å². The van der Waals surface area contributed by atoms with Gasteiger partial charge < -0.3 is 4.74 Å². The number of benzene rings is 1. The minimum atomic E-state index is -3.53. The number of methoxy groups -OCH3 is 1. The average Bonchev–Trinajstić information content (AvgIpc) is 2.29. The summed E-state index contributed by atoms with van der Waals surface area (Å²) in [6.45, 7) is 2.10. The monoisotopic (exact) mass is 253 g/mol. The van der Waals surface area contributed by atoms with Gasteiger partial charge in [0.2, 0.25) is 0 Å². The maximum Gasteiger partial charge on any atom is 0.270 e. The van der Waals surface area contributed by atoms with Gasteiger partial charge in [-0.1, -0.05) is 23.6 Å². The van der Waals surface area contributed by atoms with Crippen molar-refractivity contribution in [1.82, 2.24) is 4.31 Å². The third-order valence-corrected chi connectivity index (χ3v) is 3.81. The van der Waals surface area contributed by atoms with Crippen molar-refractivity contribution in [3.63, 3.8) is 0 Å². The van der Waals surface area contributed by atoms with Crippen molar-refractivity contribution in [2.45, 2.75) is 11.8 Å². The summed E-state index contributed by atoms with van der Waals surface area (Å²) in [6, 6.07) is 9.15. The van der Waals surface area contributed by atoms with Crippen LogP contribution in [-0.2, 0) is 14.8 Å². The Bertz CT molecular complexity index is 523. The topological polar surface area (TPSA) is 46.6 Å². The quantitative estimate of drug-likeness (QED) is 0.601. The lowest BCUT2D eigenvalue weighted by molar-refractivity contribution is 0.239. The van der Waals surface area contributed by atoms with E-state index in [4.69, 9.17) is 4.74 Å². The minimum absolute atomic E-state index is 0.202. The molecule has 0 heterocycles. The Morgan fingerprint density at radius 1 is 1.29 bits per heavy atom. The first-order valence-corrected chi connectivity index (χ1v) is 6.45. The summed E-state index contributed by atoms with van der Waals surface area (Å²) in [7, 11) is -0.614. The van der Waals surface area contributed by atoms with Gasteiger partial charge in [0.15, 0.2) is 0 Å². The van der Waals surface area contributed by atoms with E-state index in [1.54, 1.807) is 24.3 Å². The van der Waals surface area contributed by atoms with E-state index >= 15 is 0 Å². The molecule has 0 aliphatic rings. The third-order valence-electron chi connectivity index (χ3n) is 2.13. The fourth-order valence-corrected chi connectivity index (χ4v) is 2.13. The molecule has 1 aromatic carbocycles. The van der Waals surface area contributed by atoms with Crippen LogP contribution >= 0.6 is 0 Å². The van der Waals surface area contributed by atoms with Crippen molar-refractivity contribution in [2.24, 2.45) is 0 Å². The van der Waals surface area contributed by atoms with Gasteiger partial charge in [0.25, 0.3) is 10.0 Å². The van der Waals surface area contributed by atoms with Crippen LogP contribution in [0.2, 0.25) is 0 Å². The first-order valence-electron chi connectivity index (χ1n) is 5.01. The van der Waals surface area contributed by atoms with Gasteiger partial charge in [0.1, 0.15) is 6.61 Å². The highest BCUT2D eigenvalue weighted by atomic mass is 32.2. The molecule has 0 amide bonds. The normalized spacial score (nSPS) is 10.5. The molecule has 0 saturated carbocycles. The van der Waals surface area contributed by atoms with Crippen LogP contribution in [-0.4, -0.2) is 33.5 Å². The molecule has 0 bridgehead atoms. The number of sulfonamides is 1. The summed E-state index contributed by atoms with van der Waals surface area (Å²) in [5.74, 6) is 2.60. The number of nitrogens with zero attached hydrogens (tertiary/aromatic N) is 1. The smallest absolute Gasteiger partial charge is 0.270 e.